The van der Waals surface area contributed by atoms with E-state index in [1.807, 2.05) is 18.2 Å². The zero-order valence-corrected chi connectivity index (χ0v) is 15.3. The van der Waals surface area contributed by atoms with E-state index < -0.39 is 11.7 Å². The highest BCUT2D eigenvalue weighted by molar-refractivity contribution is 5.85. The van der Waals surface area contributed by atoms with Crippen LogP contribution >= 0.6 is 0 Å². The molecule has 3 aliphatic carbocycles. The number of hydrogen-bond acceptors (Lipinski definition) is 5. The van der Waals surface area contributed by atoms with Crippen molar-refractivity contribution in [1.29, 1.82) is 0 Å². The van der Waals surface area contributed by atoms with Crippen LogP contribution in [-0.2, 0) is 20.7 Å². The molecule has 2 heterocycles. The fraction of sp³-hybridized carbons (Fsp3) is 0.667. The first kappa shape index (κ1) is 16.6. The molecule has 1 spiro atoms. The normalized spacial score (nSPS) is 48.0. The molecule has 1 N–H and O–H groups in total. The Bertz CT molecular complexity index is 754. The number of aryl methyl sites for hydroxylation is 1. The predicted molar refractivity (Wildman–Crippen MR) is 92.9 cm³/mol. The Kier molecular flexibility index (Phi) is 3.33. The van der Waals surface area contributed by atoms with Crippen molar-refractivity contribution in [3.63, 3.8) is 0 Å². The predicted octanol–water partition coefficient (Wildman–Crippen LogP) is 3.08. The maximum Gasteiger partial charge on any atom is 0.316 e. The zero-order chi connectivity index (χ0) is 18.2. The van der Waals surface area contributed by atoms with Crippen LogP contribution in [0.25, 0.3) is 0 Å². The molecule has 3 fully saturated rings. The highest BCUT2D eigenvalue weighted by Crippen LogP contribution is 2.81. The van der Waals surface area contributed by atoms with E-state index in [0.717, 1.165) is 37.7 Å². The highest BCUT2D eigenvalue weighted by atomic mass is 16.6. The topological polar surface area (TPSA) is 68.9 Å². The first-order chi connectivity index (χ1) is 12.5. The maximum atomic E-state index is 12.6. The van der Waals surface area contributed by atoms with Gasteiger partial charge in [-0.1, -0.05) is 19.1 Å². The summed E-state index contributed by atoms with van der Waals surface area (Å²) in [4.78, 5) is 12.6. The largest absolute Gasteiger partial charge is 0.472 e. The first-order valence-electron chi connectivity index (χ1n) is 9.62. The summed E-state index contributed by atoms with van der Waals surface area (Å²) in [7, 11) is 1.47. The van der Waals surface area contributed by atoms with E-state index in [4.69, 9.17) is 13.9 Å². The van der Waals surface area contributed by atoms with E-state index >= 15 is 0 Å². The Hall–Kier alpha value is -1.59. The van der Waals surface area contributed by atoms with Crippen LogP contribution in [0.1, 0.15) is 38.2 Å². The molecule has 5 rings (SSSR count). The van der Waals surface area contributed by atoms with Crippen LogP contribution < -0.4 is 0 Å². The molecular formula is C21H26O5. The second-order valence-electron chi connectivity index (χ2n) is 8.77. The van der Waals surface area contributed by atoms with Crippen molar-refractivity contribution >= 4 is 5.97 Å². The van der Waals surface area contributed by atoms with Gasteiger partial charge in [-0.05, 0) is 55.1 Å². The highest BCUT2D eigenvalue weighted by Gasteiger charge is 2.82. The Morgan fingerprint density at radius 2 is 2.31 bits per heavy atom. The Balaban J connectivity index is 1.56. The summed E-state index contributed by atoms with van der Waals surface area (Å²) < 4.78 is 16.5. The lowest BCUT2D eigenvalue weighted by atomic mass is 9.50. The quantitative estimate of drug-likeness (QED) is 0.662. The third-order valence-electron chi connectivity index (χ3n) is 8.09. The monoisotopic (exact) mass is 358 g/mol. The zero-order valence-electron chi connectivity index (χ0n) is 15.3. The molecule has 0 aromatic carbocycles. The summed E-state index contributed by atoms with van der Waals surface area (Å²) in [6, 6.07) is 1.98. The van der Waals surface area contributed by atoms with Gasteiger partial charge in [-0.25, -0.2) is 0 Å². The van der Waals surface area contributed by atoms with Crippen molar-refractivity contribution in [2.75, 3.05) is 7.11 Å². The van der Waals surface area contributed by atoms with Crippen LogP contribution in [0, 0.1) is 28.1 Å². The van der Waals surface area contributed by atoms with Gasteiger partial charge in [0.25, 0.3) is 0 Å². The van der Waals surface area contributed by atoms with E-state index in [2.05, 4.69) is 6.92 Å². The first-order valence-corrected chi connectivity index (χ1v) is 9.62. The lowest BCUT2D eigenvalue weighted by Crippen LogP contribution is -2.53. The summed E-state index contributed by atoms with van der Waals surface area (Å²) in [5, 5.41) is 11.0. The van der Waals surface area contributed by atoms with Crippen molar-refractivity contribution in [2.24, 2.45) is 28.1 Å². The number of hydrogen-bond donors (Lipinski definition) is 1. The number of methoxy groups -OCH3 is 1. The lowest BCUT2D eigenvalue weighted by Gasteiger charge is -2.52. The number of furan rings is 1. The van der Waals surface area contributed by atoms with E-state index in [-0.39, 0.29) is 28.8 Å². The molecule has 1 aromatic heterocycles. The molecule has 2 saturated carbocycles. The second kappa shape index (κ2) is 5.23. The molecule has 0 bridgehead atoms. The molecule has 140 valence electrons. The average Bonchev–Trinajstić information content (AvgIpc) is 2.93. The van der Waals surface area contributed by atoms with Crippen molar-refractivity contribution in [3.8, 4) is 0 Å². The summed E-state index contributed by atoms with van der Waals surface area (Å²) in [6.45, 7) is 2.23. The molecule has 1 aromatic rings. The van der Waals surface area contributed by atoms with E-state index in [1.165, 1.54) is 7.11 Å². The Morgan fingerprint density at radius 3 is 3.04 bits per heavy atom. The third-order valence-corrected chi connectivity index (χ3v) is 8.09. The molecule has 0 unspecified atom stereocenters. The van der Waals surface area contributed by atoms with Gasteiger partial charge in [0.2, 0.25) is 0 Å². The van der Waals surface area contributed by atoms with Crippen LogP contribution in [0.2, 0.25) is 0 Å². The third kappa shape index (κ3) is 1.76. The SMILES string of the molecule is COC(=O)[C@@]12C=C[C@@H]3O[C@@H](O)[C@]4(CCc5ccoc5)[C@H](C)CC[C@]1(C2)[C@H]34. The average molecular weight is 358 g/mol. The van der Waals surface area contributed by atoms with E-state index in [0.29, 0.717) is 5.92 Å². The van der Waals surface area contributed by atoms with Crippen LogP contribution in [-0.4, -0.2) is 30.6 Å². The summed E-state index contributed by atoms with van der Waals surface area (Å²) in [5.41, 5.74) is 0.168. The van der Waals surface area contributed by atoms with Crippen molar-refractivity contribution < 1.29 is 23.8 Å². The number of rotatable bonds is 4. The molecule has 7 atom stereocenters. The molecule has 0 amide bonds. The number of esters is 1. The van der Waals surface area contributed by atoms with Gasteiger partial charge in [0.15, 0.2) is 6.29 Å². The minimum absolute atomic E-state index is 0.114. The van der Waals surface area contributed by atoms with Gasteiger partial charge < -0.3 is 19.0 Å². The molecule has 5 heteroatoms. The van der Waals surface area contributed by atoms with Gasteiger partial charge in [0, 0.05) is 11.3 Å². The minimum Gasteiger partial charge on any atom is -0.472 e. The molecule has 1 saturated heterocycles. The van der Waals surface area contributed by atoms with Crippen LogP contribution in [0.3, 0.4) is 0 Å². The van der Waals surface area contributed by atoms with Crippen molar-refractivity contribution in [1.82, 2.24) is 0 Å². The van der Waals surface area contributed by atoms with Gasteiger partial charge in [-0.2, -0.15) is 0 Å². The number of carbonyl (C=O) groups excluding carboxylic acids is 1. The van der Waals surface area contributed by atoms with Gasteiger partial charge in [0.1, 0.15) is 0 Å². The van der Waals surface area contributed by atoms with Crippen molar-refractivity contribution in [3.05, 3.63) is 36.3 Å². The van der Waals surface area contributed by atoms with E-state index in [9.17, 15) is 9.90 Å². The summed E-state index contributed by atoms with van der Waals surface area (Å²) in [5.74, 6) is 0.365. The Labute approximate surface area is 153 Å². The second-order valence-corrected chi connectivity index (χ2v) is 8.77. The van der Waals surface area contributed by atoms with Crippen LogP contribution in [0.15, 0.2) is 35.2 Å². The smallest absolute Gasteiger partial charge is 0.316 e. The minimum atomic E-state index is -0.796. The molecule has 4 aliphatic rings. The number of aliphatic hydroxyl groups is 1. The van der Waals surface area contributed by atoms with Gasteiger partial charge >= 0.3 is 5.97 Å². The summed E-state index contributed by atoms with van der Waals surface area (Å²) in [6.07, 6.45) is 11.1. The molecule has 0 radical (unpaired) electrons. The Morgan fingerprint density at radius 1 is 1.46 bits per heavy atom. The fourth-order valence-electron chi connectivity index (χ4n) is 6.73. The maximum absolute atomic E-state index is 12.6. The number of carbonyl (C=O) groups is 1. The summed E-state index contributed by atoms with van der Waals surface area (Å²) >= 11 is 0. The van der Waals surface area contributed by atoms with Gasteiger partial charge in [-0.15, -0.1) is 0 Å². The number of ether oxygens (including phenoxy) is 2. The van der Waals surface area contributed by atoms with Crippen LogP contribution in [0.4, 0.5) is 0 Å². The number of aliphatic hydroxyl groups excluding tert-OH is 1. The van der Waals surface area contributed by atoms with Crippen molar-refractivity contribution in [2.45, 2.75) is 51.4 Å². The lowest BCUT2D eigenvalue weighted by molar-refractivity contribution is -0.161. The van der Waals surface area contributed by atoms with Crippen LogP contribution in [0.5, 0.6) is 0 Å². The molecule has 26 heavy (non-hydrogen) atoms. The van der Waals surface area contributed by atoms with Gasteiger partial charge in [-0.3, -0.25) is 4.79 Å². The van der Waals surface area contributed by atoms with E-state index in [1.54, 1.807) is 12.5 Å². The molecule has 5 nitrogen and oxygen atoms in total. The van der Waals surface area contributed by atoms with Gasteiger partial charge in [0.05, 0.1) is 31.2 Å². The fourth-order valence-corrected chi connectivity index (χ4v) is 6.73. The molecular weight excluding hydrogens is 332 g/mol. The standard InChI is InChI=1S/C21H26O5/c1-13-3-7-19-12-20(19,17(22)24-2)8-5-15-16(19)21(13,18(23)26-15)9-4-14-6-10-25-11-14/h5-6,8,10-11,13,15-16,18,23H,3-4,7,9,12H2,1-2H3/t13-,15+,16+,18-,19+,20+,21-/m1/s1. The molecule has 1 aliphatic heterocycles.